The maximum Gasteiger partial charge on any atom is 0.173 e. The second kappa shape index (κ2) is 4.56. The maximum atomic E-state index is 10.5. The average Bonchev–Trinajstić information content (AvgIpc) is 1.82. The van der Waals surface area contributed by atoms with E-state index in [1.807, 2.05) is 0 Å². The molecular formula is C6H11NOS. The summed E-state index contributed by atoms with van der Waals surface area (Å²) in [7, 11) is 0. The second-order valence-electron chi connectivity index (χ2n) is 1.75. The summed E-state index contributed by atoms with van der Waals surface area (Å²) in [6.07, 6.45) is 0. The summed E-state index contributed by atoms with van der Waals surface area (Å²) >= 11 is 3.95. The first kappa shape index (κ1) is 8.69. The summed E-state index contributed by atoms with van der Waals surface area (Å²) in [5.74, 6) is 0.738. The third-order valence-electron chi connectivity index (χ3n) is 0.958. The number of rotatable bonds is 3. The van der Waals surface area contributed by atoms with E-state index in [0.717, 1.165) is 0 Å². The van der Waals surface area contributed by atoms with Crippen LogP contribution >= 0.6 is 12.6 Å². The molecule has 0 heterocycles. The molecule has 9 heavy (non-hydrogen) atoms. The number of aliphatic imine (C=N–C) groups is 1. The molecule has 0 aliphatic heterocycles. The van der Waals surface area contributed by atoms with E-state index in [4.69, 9.17) is 0 Å². The largest absolute Gasteiger partial charge is 0.293 e. The molecule has 0 aliphatic rings. The molecule has 0 unspecified atom stereocenters. The summed E-state index contributed by atoms with van der Waals surface area (Å²) in [5.41, 5.74) is 0.587. The first-order chi connectivity index (χ1) is 4.18. The van der Waals surface area contributed by atoms with Crippen molar-refractivity contribution in [2.75, 3.05) is 12.3 Å². The summed E-state index contributed by atoms with van der Waals surface area (Å²) < 4.78 is 0. The van der Waals surface area contributed by atoms with Gasteiger partial charge in [-0.3, -0.25) is 9.79 Å². The number of carbonyl (C=O) groups is 1. The van der Waals surface area contributed by atoms with Gasteiger partial charge in [-0.1, -0.05) is 0 Å². The standard InChI is InChI=1S/C6H11NOS/c1-5(6(2)8)7-3-4-9/h9H,3-4H2,1-2H3. The van der Waals surface area contributed by atoms with Crippen molar-refractivity contribution >= 4 is 24.1 Å². The van der Waals surface area contributed by atoms with Crippen molar-refractivity contribution in [2.45, 2.75) is 13.8 Å². The van der Waals surface area contributed by atoms with Gasteiger partial charge in [0.2, 0.25) is 0 Å². The summed E-state index contributed by atoms with van der Waals surface area (Å²) in [6.45, 7) is 3.86. The van der Waals surface area contributed by atoms with Gasteiger partial charge < -0.3 is 0 Å². The molecule has 0 bridgehead atoms. The Balaban J connectivity index is 3.69. The Labute approximate surface area is 60.8 Å². The smallest absolute Gasteiger partial charge is 0.173 e. The Kier molecular flexibility index (Phi) is 4.40. The molecule has 3 heteroatoms. The monoisotopic (exact) mass is 145 g/mol. The Hall–Kier alpha value is -0.310. The molecule has 0 N–H and O–H groups in total. The van der Waals surface area contributed by atoms with Gasteiger partial charge in [0.05, 0.1) is 5.71 Å². The van der Waals surface area contributed by atoms with E-state index in [1.165, 1.54) is 6.92 Å². The van der Waals surface area contributed by atoms with E-state index < -0.39 is 0 Å². The minimum absolute atomic E-state index is 0.0387. The van der Waals surface area contributed by atoms with Crippen molar-refractivity contribution in [3.8, 4) is 0 Å². The zero-order chi connectivity index (χ0) is 7.28. The van der Waals surface area contributed by atoms with Crippen LogP contribution in [0.15, 0.2) is 4.99 Å². The van der Waals surface area contributed by atoms with Crippen LogP contribution in [0.25, 0.3) is 0 Å². The number of nitrogens with zero attached hydrogens (tertiary/aromatic N) is 1. The Morgan fingerprint density at radius 1 is 1.56 bits per heavy atom. The highest BCUT2D eigenvalue weighted by Gasteiger charge is 1.94. The highest BCUT2D eigenvalue weighted by atomic mass is 32.1. The van der Waals surface area contributed by atoms with Crippen LogP contribution in [0, 0.1) is 0 Å². The van der Waals surface area contributed by atoms with Gasteiger partial charge in [0.1, 0.15) is 0 Å². The molecule has 0 radical (unpaired) electrons. The van der Waals surface area contributed by atoms with Gasteiger partial charge in [-0.05, 0) is 6.92 Å². The lowest BCUT2D eigenvalue weighted by molar-refractivity contribution is -0.111. The van der Waals surface area contributed by atoms with E-state index in [0.29, 0.717) is 18.0 Å². The second-order valence-corrected chi connectivity index (χ2v) is 2.19. The van der Waals surface area contributed by atoms with Crippen LogP contribution < -0.4 is 0 Å². The fraction of sp³-hybridized carbons (Fsp3) is 0.667. The minimum Gasteiger partial charge on any atom is -0.293 e. The Morgan fingerprint density at radius 2 is 2.11 bits per heavy atom. The molecule has 0 saturated carbocycles. The maximum absolute atomic E-state index is 10.5. The van der Waals surface area contributed by atoms with Gasteiger partial charge in [0.25, 0.3) is 0 Å². The van der Waals surface area contributed by atoms with Gasteiger partial charge in [-0.25, -0.2) is 0 Å². The lowest BCUT2D eigenvalue weighted by Crippen LogP contribution is -2.05. The molecule has 0 aromatic heterocycles. The molecule has 0 spiro atoms. The summed E-state index contributed by atoms with van der Waals surface area (Å²) in [6, 6.07) is 0. The molecule has 0 aromatic carbocycles. The van der Waals surface area contributed by atoms with Gasteiger partial charge >= 0.3 is 0 Å². The Bertz CT molecular complexity index is 131. The van der Waals surface area contributed by atoms with Gasteiger partial charge in [0, 0.05) is 19.2 Å². The normalized spacial score (nSPS) is 11.7. The van der Waals surface area contributed by atoms with Crippen molar-refractivity contribution in [1.82, 2.24) is 0 Å². The lowest BCUT2D eigenvalue weighted by atomic mass is 10.3. The first-order valence-electron chi connectivity index (χ1n) is 2.81. The number of carbonyl (C=O) groups excluding carboxylic acids is 1. The van der Waals surface area contributed by atoms with Crippen molar-refractivity contribution in [3.63, 3.8) is 0 Å². The third-order valence-corrected chi connectivity index (χ3v) is 1.16. The van der Waals surface area contributed by atoms with Crippen LogP contribution in [-0.4, -0.2) is 23.8 Å². The number of thiol groups is 1. The minimum atomic E-state index is 0.0387. The van der Waals surface area contributed by atoms with Crippen molar-refractivity contribution in [3.05, 3.63) is 0 Å². The fourth-order valence-corrected chi connectivity index (χ4v) is 0.429. The van der Waals surface area contributed by atoms with Crippen LogP contribution in [-0.2, 0) is 4.79 Å². The number of ketones is 1. The third kappa shape index (κ3) is 4.21. The van der Waals surface area contributed by atoms with Gasteiger partial charge in [0.15, 0.2) is 5.78 Å². The van der Waals surface area contributed by atoms with E-state index in [-0.39, 0.29) is 5.78 Å². The molecule has 0 fully saturated rings. The van der Waals surface area contributed by atoms with E-state index in [1.54, 1.807) is 6.92 Å². The summed E-state index contributed by atoms with van der Waals surface area (Å²) in [4.78, 5) is 14.4. The molecule has 0 aromatic rings. The first-order valence-corrected chi connectivity index (χ1v) is 3.44. The average molecular weight is 145 g/mol. The zero-order valence-electron chi connectivity index (χ0n) is 5.72. The van der Waals surface area contributed by atoms with Gasteiger partial charge in [-0.2, -0.15) is 12.6 Å². The lowest BCUT2D eigenvalue weighted by Gasteiger charge is -1.90. The van der Waals surface area contributed by atoms with E-state index in [9.17, 15) is 4.79 Å². The predicted octanol–water partition coefficient (Wildman–Crippen LogP) is 0.966. The summed E-state index contributed by atoms with van der Waals surface area (Å²) in [5, 5.41) is 0. The molecule has 0 saturated heterocycles. The van der Waals surface area contributed by atoms with Crippen LogP contribution in [0.2, 0.25) is 0 Å². The van der Waals surface area contributed by atoms with Crippen molar-refractivity contribution < 1.29 is 4.79 Å². The van der Waals surface area contributed by atoms with Crippen molar-refractivity contribution in [1.29, 1.82) is 0 Å². The van der Waals surface area contributed by atoms with Crippen LogP contribution in [0.1, 0.15) is 13.8 Å². The molecule has 0 rings (SSSR count). The number of hydrogen-bond donors (Lipinski definition) is 1. The molecule has 0 aliphatic carbocycles. The molecule has 52 valence electrons. The molecule has 0 amide bonds. The molecule has 2 nitrogen and oxygen atoms in total. The van der Waals surface area contributed by atoms with Crippen LogP contribution in [0.3, 0.4) is 0 Å². The van der Waals surface area contributed by atoms with Gasteiger partial charge in [-0.15, -0.1) is 0 Å². The highest BCUT2D eigenvalue weighted by Crippen LogP contribution is 1.81. The van der Waals surface area contributed by atoms with E-state index in [2.05, 4.69) is 17.6 Å². The predicted molar refractivity (Wildman–Crippen MR) is 42.5 cm³/mol. The molecule has 0 atom stereocenters. The zero-order valence-corrected chi connectivity index (χ0v) is 6.61. The van der Waals surface area contributed by atoms with Crippen LogP contribution in [0.4, 0.5) is 0 Å². The van der Waals surface area contributed by atoms with Crippen molar-refractivity contribution in [2.24, 2.45) is 4.99 Å². The Morgan fingerprint density at radius 3 is 2.44 bits per heavy atom. The van der Waals surface area contributed by atoms with E-state index >= 15 is 0 Å². The van der Waals surface area contributed by atoms with Crippen LogP contribution in [0.5, 0.6) is 0 Å². The number of hydrogen-bond acceptors (Lipinski definition) is 3. The highest BCUT2D eigenvalue weighted by molar-refractivity contribution is 7.80. The SMILES string of the molecule is CC(=O)C(C)=NCCS. The molecular weight excluding hydrogens is 134 g/mol. The fourth-order valence-electron chi connectivity index (χ4n) is 0.329. The number of Topliss-reactive ketones (excluding diaryl/α,β-unsaturated/α-hetero) is 1. The quantitative estimate of drug-likeness (QED) is 0.465. The topological polar surface area (TPSA) is 29.4 Å².